The Morgan fingerprint density at radius 2 is 0.852 bits per heavy atom. The monoisotopic (exact) mass is 874 g/mol. The van der Waals surface area contributed by atoms with Crippen LogP contribution < -0.4 is 5.32 Å². The quantitative estimate of drug-likeness (QED) is 0.0274. The summed E-state index contributed by atoms with van der Waals surface area (Å²) < 4.78 is 11.0. The molecular weight excluding hydrogens is 775 g/mol. The van der Waals surface area contributed by atoms with Crippen molar-refractivity contribution in [2.45, 2.75) is 300 Å². The van der Waals surface area contributed by atoms with Crippen LogP contribution in [0.25, 0.3) is 0 Å². The van der Waals surface area contributed by atoms with E-state index in [1.54, 1.807) is 0 Å². The average molecular weight is 874 g/mol. The molecule has 1 fully saturated rings. The summed E-state index contributed by atoms with van der Waals surface area (Å²) in [5, 5.41) is 75.0. The van der Waals surface area contributed by atoms with E-state index < -0.39 is 74.2 Å². The normalized spacial score (nSPS) is 21.4. The van der Waals surface area contributed by atoms with Crippen LogP contribution >= 0.6 is 0 Å². The van der Waals surface area contributed by atoms with Crippen molar-refractivity contribution < 1.29 is 50.0 Å². The summed E-state index contributed by atoms with van der Waals surface area (Å²) in [6, 6.07) is -1.16. The highest BCUT2D eigenvalue weighted by molar-refractivity contribution is 5.80. The van der Waals surface area contributed by atoms with Gasteiger partial charge in [0.15, 0.2) is 6.29 Å². The predicted octanol–water partition coefficient (Wildman–Crippen LogP) is 9.45. The minimum atomic E-state index is -1.65. The Morgan fingerprint density at radius 1 is 0.508 bits per heavy atom. The van der Waals surface area contributed by atoms with Crippen molar-refractivity contribution in [3.63, 3.8) is 0 Å². The number of carbonyl (C=O) groups is 1. The average Bonchev–Trinajstić information content (AvgIpc) is 3.26. The fourth-order valence-electron chi connectivity index (χ4n) is 8.62. The van der Waals surface area contributed by atoms with Gasteiger partial charge in [0, 0.05) is 0 Å². The van der Waals surface area contributed by atoms with E-state index in [4.69, 9.17) is 9.47 Å². The molecule has 9 atom stereocenters. The highest BCUT2D eigenvalue weighted by Crippen LogP contribution is 2.23. The third-order valence-corrected chi connectivity index (χ3v) is 12.9. The number of ether oxygens (including phenoxy) is 2. The Morgan fingerprint density at radius 3 is 1.23 bits per heavy atom. The van der Waals surface area contributed by atoms with Crippen molar-refractivity contribution >= 4 is 5.91 Å². The number of amides is 1. The highest BCUT2D eigenvalue weighted by atomic mass is 16.7. The van der Waals surface area contributed by atoms with E-state index in [9.17, 15) is 40.5 Å². The minimum Gasteiger partial charge on any atom is -0.394 e. The molecule has 1 aliphatic rings. The van der Waals surface area contributed by atoms with Gasteiger partial charge < -0.3 is 50.5 Å². The van der Waals surface area contributed by atoms with Crippen LogP contribution in [0.4, 0.5) is 0 Å². The first-order valence-corrected chi connectivity index (χ1v) is 25.9. The molecule has 0 spiro atoms. The Bertz CT molecular complexity index is 959. The molecule has 9 unspecified atom stereocenters. The molecule has 1 heterocycles. The van der Waals surface area contributed by atoms with Crippen molar-refractivity contribution in [1.29, 1.82) is 0 Å². The van der Waals surface area contributed by atoms with Crippen LogP contribution in [0.5, 0.6) is 0 Å². The summed E-state index contributed by atoms with van der Waals surface area (Å²) in [7, 11) is 0. The molecule has 0 bridgehead atoms. The van der Waals surface area contributed by atoms with Gasteiger partial charge in [-0.2, -0.15) is 0 Å². The first-order chi connectivity index (χ1) is 29.7. The molecule has 364 valence electrons. The van der Waals surface area contributed by atoms with E-state index in [0.29, 0.717) is 19.3 Å². The molecule has 8 N–H and O–H groups in total. The lowest BCUT2D eigenvalue weighted by molar-refractivity contribution is -0.303. The van der Waals surface area contributed by atoms with Crippen LogP contribution in [0.1, 0.15) is 245 Å². The van der Waals surface area contributed by atoms with Crippen LogP contribution in [0.15, 0.2) is 0 Å². The second-order valence-corrected chi connectivity index (χ2v) is 18.6. The molecular formula is C50H99NO10. The molecule has 0 aromatic rings. The molecule has 0 aliphatic carbocycles. The molecule has 1 amide bonds. The van der Waals surface area contributed by atoms with E-state index in [0.717, 1.165) is 38.5 Å². The van der Waals surface area contributed by atoms with Gasteiger partial charge in [-0.3, -0.25) is 4.79 Å². The van der Waals surface area contributed by atoms with Gasteiger partial charge >= 0.3 is 0 Å². The topological polar surface area (TPSA) is 189 Å². The lowest BCUT2D eigenvalue weighted by atomic mass is 9.98. The lowest BCUT2D eigenvalue weighted by Crippen LogP contribution is -2.60. The van der Waals surface area contributed by atoms with Crippen LogP contribution in [0.3, 0.4) is 0 Å². The highest BCUT2D eigenvalue weighted by Gasteiger charge is 2.44. The number of unbranched alkanes of at least 4 members (excludes halogenated alkanes) is 32. The summed E-state index contributed by atoms with van der Waals surface area (Å²) >= 11 is 0. The number of aliphatic hydroxyl groups is 7. The Balaban J connectivity index is 2.08. The smallest absolute Gasteiger partial charge is 0.249 e. The SMILES string of the molecule is CCCCCCCCCCCCCCCCCCCCCCCCCCCCCCCCC(O)C(=O)NC(COC1OC(CO)C(O)C(O)C1O)C(O)C(O)CCCCCC. The Labute approximate surface area is 373 Å². The van der Waals surface area contributed by atoms with E-state index in [1.165, 1.54) is 167 Å². The lowest BCUT2D eigenvalue weighted by Gasteiger charge is -2.40. The maximum Gasteiger partial charge on any atom is 0.249 e. The number of hydrogen-bond donors (Lipinski definition) is 8. The molecule has 11 nitrogen and oxygen atoms in total. The summed E-state index contributed by atoms with van der Waals surface area (Å²) in [6.45, 7) is 3.31. The zero-order valence-corrected chi connectivity index (χ0v) is 39.4. The molecule has 1 rings (SSSR count). The van der Waals surface area contributed by atoms with Crippen molar-refractivity contribution in [3.8, 4) is 0 Å². The van der Waals surface area contributed by atoms with Crippen molar-refractivity contribution in [2.24, 2.45) is 0 Å². The molecule has 61 heavy (non-hydrogen) atoms. The number of carbonyl (C=O) groups excluding carboxylic acids is 1. The second-order valence-electron chi connectivity index (χ2n) is 18.6. The predicted molar refractivity (Wildman–Crippen MR) is 247 cm³/mol. The number of hydrogen-bond acceptors (Lipinski definition) is 10. The molecule has 11 heteroatoms. The number of rotatable bonds is 44. The third-order valence-electron chi connectivity index (χ3n) is 12.9. The number of aliphatic hydroxyl groups excluding tert-OH is 7. The van der Waals surface area contributed by atoms with E-state index in [-0.39, 0.29) is 6.42 Å². The van der Waals surface area contributed by atoms with Gasteiger partial charge in [-0.05, 0) is 12.8 Å². The Kier molecular flexibility index (Phi) is 38.7. The fourth-order valence-corrected chi connectivity index (χ4v) is 8.62. The maximum atomic E-state index is 13.0. The van der Waals surface area contributed by atoms with Gasteiger partial charge in [0.2, 0.25) is 5.91 Å². The van der Waals surface area contributed by atoms with E-state index >= 15 is 0 Å². The summed E-state index contributed by atoms with van der Waals surface area (Å²) in [5.74, 6) is -0.699. The van der Waals surface area contributed by atoms with Crippen molar-refractivity contribution in [2.75, 3.05) is 13.2 Å². The van der Waals surface area contributed by atoms with E-state index in [1.807, 2.05) is 0 Å². The first kappa shape index (κ1) is 58.1. The summed E-state index contributed by atoms with van der Waals surface area (Å²) in [5.41, 5.74) is 0. The van der Waals surface area contributed by atoms with Crippen molar-refractivity contribution in [1.82, 2.24) is 5.32 Å². The minimum absolute atomic E-state index is 0.265. The summed E-state index contributed by atoms with van der Waals surface area (Å²) in [6.07, 6.45) is 32.8. The second kappa shape index (κ2) is 40.6. The van der Waals surface area contributed by atoms with Crippen molar-refractivity contribution in [3.05, 3.63) is 0 Å². The first-order valence-electron chi connectivity index (χ1n) is 25.9. The molecule has 0 radical (unpaired) electrons. The third kappa shape index (κ3) is 30.0. The molecule has 0 saturated carbocycles. The molecule has 1 aliphatic heterocycles. The van der Waals surface area contributed by atoms with Crippen LogP contribution in [0.2, 0.25) is 0 Å². The Hall–Kier alpha value is -0.890. The fraction of sp³-hybridized carbons (Fsp3) is 0.980. The van der Waals surface area contributed by atoms with Crippen LogP contribution in [-0.4, -0.2) is 110 Å². The molecule has 1 saturated heterocycles. The van der Waals surface area contributed by atoms with Crippen LogP contribution in [0, 0.1) is 0 Å². The van der Waals surface area contributed by atoms with Gasteiger partial charge in [0.1, 0.15) is 36.6 Å². The van der Waals surface area contributed by atoms with Gasteiger partial charge in [0.05, 0.1) is 25.4 Å². The maximum absolute atomic E-state index is 13.0. The van der Waals surface area contributed by atoms with Crippen LogP contribution in [-0.2, 0) is 14.3 Å². The number of nitrogens with one attached hydrogen (secondary N) is 1. The zero-order valence-electron chi connectivity index (χ0n) is 39.4. The van der Waals surface area contributed by atoms with Gasteiger partial charge in [0.25, 0.3) is 0 Å². The largest absolute Gasteiger partial charge is 0.394 e. The summed E-state index contributed by atoms with van der Waals surface area (Å²) in [4.78, 5) is 13.0. The van der Waals surface area contributed by atoms with Gasteiger partial charge in [-0.25, -0.2) is 0 Å². The standard InChI is InChI=1S/C50H99NO10/c1-3-5-7-9-10-11-12-13-14-15-16-17-18-19-20-21-22-23-24-25-26-27-28-29-30-31-32-33-34-36-38-43(54)49(59)51-41(45(55)42(53)37-35-8-6-4-2)40-60-50-48(58)47(57)46(56)44(39-52)61-50/h41-48,50,52-58H,3-40H2,1-2H3,(H,51,59). The zero-order chi connectivity index (χ0) is 44.8. The molecule has 0 aromatic carbocycles. The van der Waals surface area contributed by atoms with Gasteiger partial charge in [-0.1, -0.05) is 232 Å². The molecule has 0 aromatic heterocycles. The van der Waals surface area contributed by atoms with E-state index in [2.05, 4.69) is 19.2 Å². The van der Waals surface area contributed by atoms with Gasteiger partial charge in [-0.15, -0.1) is 0 Å².